The predicted octanol–water partition coefficient (Wildman–Crippen LogP) is -1.47. The van der Waals surface area contributed by atoms with Crippen molar-refractivity contribution in [3.63, 3.8) is 0 Å². The van der Waals surface area contributed by atoms with Crippen LogP contribution in [0.2, 0.25) is 0 Å². The first-order valence-corrected chi connectivity index (χ1v) is 11.1. The number of carboxylic acids is 4. The summed E-state index contributed by atoms with van der Waals surface area (Å²) in [6, 6.07) is 23.4. The molecule has 0 spiro atoms. The maximum atomic E-state index is 10.2. The number of nitrogens with two attached hydrogens (primary N) is 4. The number of carbonyl (C=O) groups excluding carboxylic acids is 4. The van der Waals surface area contributed by atoms with Gasteiger partial charge in [-0.25, -0.2) is 0 Å². The minimum Gasteiger partial charge on any atom is -0.545 e. The van der Waals surface area contributed by atoms with Crippen molar-refractivity contribution in [3.05, 3.63) is 119 Å². The van der Waals surface area contributed by atoms with Crippen molar-refractivity contribution in [1.29, 1.82) is 0 Å². The van der Waals surface area contributed by atoms with Crippen molar-refractivity contribution >= 4 is 46.6 Å². The molecule has 0 aromatic heterocycles. The minimum absolute atomic E-state index is 0. The fraction of sp³-hybridized carbons (Fsp3) is 0. The summed E-state index contributed by atoms with van der Waals surface area (Å²) in [5.41, 5.74) is 24.0. The van der Waals surface area contributed by atoms with E-state index < -0.39 is 23.9 Å². The second-order valence-electron chi connectivity index (χ2n) is 7.64. The Labute approximate surface area is 254 Å². The summed E-state index contributed by atoms with van der Waals surface area (Å²) in [6.45, 7) is 0. The van der Waals surface area contributed by atoms with Gasteiger partial charge in [0.25, 0.3) is 0 Å². The Morgan fingerprint density at radius 3 is 0.561 bits per heavy atom. The number of carboxylic acid groups (broad SMARTS) is 4. The molecule has 0 radical (unpaired) electrons. The molecule has 12 nitrogen and oxygen atoms in total. The fourth-order valence-electron chi connectivity index (χ4n) is 2.48. The molecule has 0 aliphatic heterocycles. The van der Waals surface area contributed by atoms with Crippen LogP contribution in [-0.4, -0.2) is 23.9 Å². The molecule has 0 bridgehead atoms. The molecule has 0 heterocycles. The smallest absolute Gasteiger partial charge is 0.545 e. The molecular weight excluding hydrogens is 612 g/mol. The van der Waals surface area contributed by atoms with E-state index in [-0.39, 0.29) is 48.5 Å². The zero-order valence-electron chi connectivity index (χ0n) is 21.3. The van der Waals surface area contributed by atoms with E-state index in [2.05, 4.69) is 0 Å². The van der Waals surface area contributed by atoms with Crippen molar-refractivity contribution in [2.75, 3.05) is 22.9 Å². The normalized spacial score (nSPS) is 8.98. The zero-order chi connectivity index (χ0) is 30.2. The van der Waals surface area contributed by atoms with Gasteiger partial charge in [0, 0.05) is 22.7 Å². The average Bonchev–Trinajstić information content (AvgIpc) is 2.91. The number of benzene rings is 4. The Morgan fingerprint density at radius 1 is 0.341 bits per heavy atom. The largest absolute Gasteiger partial charge is 4.00 e. The van der Waals surface area contributed by atoms with Crippen LogP contribution in [0.15, 0.2) is 97.1 Å². The summed E-state index contributed by atoms with van der Waals surface area (Å²) in [5.74, 6) is -4.72. The van der Waals surface area contributed by atoms with Gasteiger partial charge in [-0.2, -0.15) is 0 Å². The van der Waals surface area contributed by atoms with Gasteiger partial charge in [0.2, 0.25) is 0 Å². The monoisotopic (exact) mass is 634 g/mol. The number of carbonyl (C=O) groups is 4. The Balaban J connectivity index is 0.000000516. The van der Waals surface area contributed by atoms with Crippen LogP contribution in [-0.2, 0) is 26.2 Å². The summed E-state index contributed by atoms with van der Waals surface area (Å²) in [7, 11) is 0. The van der Waals surface area contributed by atoms with Gasteiger partial charge in [-0.15, -0.1) is 0 Å². The molecule has 4 rings (SSSR count). The van der Waals surface area contributed by atoms with E-state index in [1.54, 1.807) is 0 Å². The topological polar surface area (TPSA) is 265 Å². The van der Waals surface area contributed by atoms with Gasteiger partial charge in [0.05, 0.1) is 23.9 Å². The van der Waals surface area contributed by atoms with Crippen LogP contribution >= 0.6 is 0 Å². The fourth-order valence-corrected chi connectivity index (χ4v) is 2.48. The first-order valence-electron chi connectivity index (χ1n) is 11.1. The number of hydrogen-bond donors (Lipinski definition) is 4. The summed E-state index contributed by atoms with van der Waals surface area (Å²) in [4.78, 5) is 40.6. The predicted molar refractivity (Wildman–Crippen MR) is 141 cm³/mol. The van der Waals surface area contributed by atoms with Gasteiger partial charge in [-0.1, -0.05) is 48.5 Å². The maximum Gasteiger partial charge on any atom is 4.00 e. The zero-order valence-corrected chi connectivity index (χ0v) is 23.8. The molecule has 0 saturated heterocycles. The van der Waals surface area contributed by atoms with Gasteiger partial charge in [-0.3, -0.25) is 0 Å². The van der Waals surface area contributed by atoms with Crippen LogP contribution < -0.4 is 43.4 Å². The van der Waals surface area contributed by atoms with E-state index in [1.807, 2.05) is 0 Å². The SMILES string of the molecule is Nc1ccc(C(=O)[O-])cc1.Nc1ccc(C(=O)[O-])cc1.Nc1ccc(C(=O)[O-])cc1.Nc1ccc(C(=O)[O-])cc1.[Zr+4]. The molecule has 0 unspecified atom stereocenters. The molecule has 4 aromatic rings. The number of rotatable bonds is 4. The van der Waals surface area contributed by atoms with Gasteiger partial charge in [0.15, 0.2) is 0 Å². The van der Waals surface area contributed by atoms with Crippen LogP contribution in [0.3, 0.4) is 0 Å². The second-order valence-corrected chi connectivity index (χ2v) is 7.64. The third-order valence-electron chi connectivity index (χ3n) is 4.59. The van der Waals surface area contributed by atoms with Crippen molar-refractivity contribution in [1.82, 2.24) is 0 Å². The maximum absolute atomic E-state index is 10.2. The molecule has 0 saturated carbocycles. The molecule has 0 fully saturated rings. The van der Waals surface area contributed by atoms with Crippen LogP contribution in [0.25, 0.3) is 0 Å². The van der Waals surface area contributed by atoms with E-state index in [0.717, 1.165) is 0 Å². The molecule has 41 heavy (non-hydrogen) atoms. The van der Waals surface area contributed by atoms with Gasteiger partial charge < -0.3 is 62.5 Å². The number of aromatic carboxylic acids is 4. The average molecular weight is 636 g/mol. The van der Waals surface area contributed by atoms with E-state index >= 15 is 0 Å². The Bertz CT molecular complexity index is 1190. The van der Waals surface area contributed by atoms with E-state index in [9.17, 15) is 39.6 Å². The first kappa shape index (κ1) is 35.8. The van der Waals surface area contributed by atoms with Gasteiger partial charge in [-0.05, 0) is 70.8 Å². The second kappa shape index (κ2) is 18.2. The summed E-state index contributed by atoms with van der Waals surface area (Å²) >= 11 is 0. The van der Waals surface area contributed by atoms with Crippen LogP contribution in [0.1, 0.15) is 41.4 Å². The summed E-state index contributed by atoms with van der Waals surface area (Å²) < 4.78 is 0. The number of nitrogen functional groups attached to an aromatic ring is 4. The van der Waals surface area contributed by atoms with Crippen molar-refractivity contribution < 1.29 is 65.8 Å². The number of hydrogen-bond acceptors (Lipinski definition) is 12. The molecule has 0 aliphatic rings. The number of anilines is 4. The van der Waals surface area contributed by atoms with E-state index in [0.29, 0.717) is 22.7 Å². The van der Waals surface area contributed by atoms with Crippen molar-refractivity contribution in [2.24, 2.45) is 0 Å². The van der Waals surface area contributed by atoms with Crippen LogP contribution in [0.5, 0.6) is 0 Å². The van der Waals surface area contributed by atoms with Crippen LogP contribution in [0, 0.1) is 0 Å². The molecule has 4 aromatic carbocycles. The molecule has 13 heteroatoms. The first-order chi connectivity index (χ1) is 18.8. The summed E-state index contributed by atoms with van der Waals surface area (Å²) in [5, 5.41) is 40.6. The van der Waals surface area contributed by atoms with Gasteiger partial charge in [0.1, 0.15) is 0 Å². The van der Waals surface area contributed by atoms with Gasteiger partial charge >= 0.3 is 26.2 Å². The minimum atomic E-state index is -1.18. The van der Waals surface area contributed by atoms with E-state index in [1.165, 1.54) is 97.1 Å². The molecular formula is C28H24N4O8Zr. The molecule has 0 aliphatic carbocycles. The molecule has 208 valence electrons. The quantitative estimate of drug-likeness (QED) is 0.187. The molecule has 0 amide bonds. The Hall–Kier alpha value is -5.16. The van der Waals surface area contributed by atoms with Crippen molar-refractivity contribution in [3.8, 4) is 0 Å². The van der Waals surface area contributed by atoms with Crippen LogP contribution in [0.4, 0.5) is 22.7 Å². The molecule has 8 N–H and O–H groups in total. The Kier molecular flexibility index (Phi) is 15.9. The van der Waals surface area contributed by atoms with Crippen molar-refractivity contribution in [2.45, 2.75) is 0 Å². The standard InChI is InChI=1S/4C7H7NO2.Zr/c4*8-6-3-1-5(2-4-6)7(9)10;/h4*1-4H,8H2,(H,9,10);/q;;;;+4/p-4. The third-order valence-corrected chi connectivity index (χ3v) is 4.59. The molecule has 0 atom stereocenters. The summed E-state index contributed by atoms with van der Waals surface area (Å²) in [6.07, 6.45) is 0. The van der Waals surface area contributed by atoms with E-state index in [4.69, 9.17) is 22.9 Å². The third kappa shape index (κ3) is 14.5. The Morgan fingerprint density at radius 2 is 0.463 bits per heavy atom.